The Labute approximate surface area is 152 Å². The third-order valence-corrected chi connectivity index (χ3v) is 4.12. The highest BCUT2D eigenvalue weighted by atomic mass is 16.6. The van der Waals surface area contributed by atoms with Crippen LogP contribution < -0.4 is 0 Å². The average molecular weight is 360 g/mol. The van der Waals surface area contributed by atoms with Gasteiger partial charge in [0, 0.05) is 24.7 Å². The monoisotopic (exact) mass is 359 g/mol. The van der Waals surface area contributed by atoms with Crippen molar-refractivity contribution in [2.45, 2.75) is 84.0 Å². The predicted octanol–water partition coefficient (Wildman–Crippen LogP) is 4.24. The molecule has 1 N–H and O–H groups in total. The second kappa shape index (κ2) is 15.4. The minimum atomic E-state index is -0.935. The molecule has 0 aromatic carbocycles. The van der Waals surface area contributed by atoms with Gasteiger partial charge < -0.3 is 19.3 Å². The number of hydrogen-bond donors (Lipinski definition) is 1. The van der Waals surface area contributed by atoms with Crippen LogP contribution in [0.5, 0.6) is 0 Å². The molecule has 7 nitrogen and oxygen atoms in total. The van der Waals surface area contributed by atoms with Crippen LogP contribution in [0, 0.1) is 0 Å². The van der Waals surface area contributed by atoms with Crippen LogP contribution in [0.15, 0.2) is 5.11 Å². The number of hydrogen-bond acceptors (Lipinski definition) is 5. The predicted molar refractivity (Wildman–Crippen MR) is 99.7 cm³/mol. The van der Waals surface area contributed by atoms with Gasteiger partial charge in [-0.05, 0) is 31.7 Å². The van der Waals surface area contributed by atoms with Crippen molar-refractivity contribution in [1.29, 1.82) is 0 Å². The van der Waals surface area contributed by atoms with E-state index in [0.29, 0.717) is 19.8 Å². The van der Waals surface area contributed by atoms with Crippen molar-refractivity contribution in [3.63, 3.8) is 0 Å². The first-order chi connectivity index (χ1) is 12.1. The first-order valence-electron chi connectivity index (χ1n) is 9.57. The molecule has 0 amide bonds. The van der Waals surface area contributed by atoms with E-state index in [4.69, 9.17) is 19.7 Å². The zero-order valence-corrected chi connectivity index (χ0v) is 16.4. The van der Waals surface area contributed by atoms with Crippen LogP contribution in [-0.4, -0.2) is 55.9 Å². The van der Waals surface area contributed by atoms with E-state index in [1.54, 1.807) is 0 Å². The van der Waals surface area contributed by atoms with Crippen LogP contribution >= 0.6 is 0 Å². The van der Waals surface area contributed by atoms with Gasteiger partial charge in [-0.3, -0.25) is 0 Å². The smallest absolute Gasteiger partial charge is 0.115 e. The largest absolute Gasteiger partial charge is 0.393 e. The molecule has 0 aromatic rings. The highest BCUT2D eigenvalue weighted by Crippen LogP contribution is 2.25. The number of azide groups is 1. The van der Waals surface area contributed by atoms with E-state index >= 15 is 0 Å². The molecule has 0 radical (unpaired) electrons. The van der Waals surface area contributed by atoms with Gasteiger partial charge in [0.05, 0.1) is 25.4 Å². The van der Waals surface area contributed by atoms with E-state index in [9.17, 15) is 5.11 Å². The molecule has 0 saturated carbocycles. The molecule has 7 heteroatoms. The third-order valence-electron chi connectivity index (χ3n) is 4.12. The summed E-state index contributed by atoms with van der Waals surface area (Å²) in [5.41, 5.74) is 8.02. The van der Waals surface area contributed by atoms with E-state index in [1.807, 2.05) is 6.92 Å². The van der Waals surface area contributed by atoms with E-state index in [0.717, 1.165) is 38.5 Å². The molecule has 0 spiro atoms. The lowest BCUT2D eigenvalue weighted by Crippen LogP contribution is -2.54. The van der Waals surface area contributed by atoms with Gasteiger partial charge in [0.15, 0.2) is 0 Å². The molecule has 25 heavy (non-hydrogen) atoms. The maximum Gasteiger partial charge on any atom is 0.115 e. The number of aliphatic hydroxyl groups is 1. The van der Waals surface area contributed by atoms with E-state index in [-0.39, 0.29) is 13.2 Å². The second-order valence-corrected chi connectivity index (χ2v) is 6.52. The number of ether oxygens (including phenoxy) is 3. The Bertz CT molecular complexity index is 364. The summed E-state index contributed by atoms with van der Waals surface area (Å²) in [6.07, 6.45) is 5.23. The maximum atomic E-state index is 9.96. The second-order valence-electron chi connectivity index (χ2n) is 6.52. The molecule has 0 aliphatic heterocycles. The summed E-state index contributed by atoms with van der Waals surface area (Å²) in [6, 6.07) is -0.544. The molecule has 0 bridgehead atoms. The van der Waals surface area contributed by atoms with Gasteiger partial charge in [-0.15, -0.1) is 0 Å². The summed E-state index contributed by atoms with van der Waals surface area (Å²) in [5, 5.41) is 13.8. The van der Waals surface area contributed by atoms with Gasteiger partial charge in [0.1, 0.15) is 5.60 Å². The Balaban J connectivity index is 5.15. The van der Waals surface area contributed by atoms with Crippen LogP contribution in [0.2, 0.25) is 0 Å². The number of aliphatic hydroxyl groups excluding tert-OH is 1. The fourth-order valence-corrected chi connectivity index (χ4v) is 2.41. The van der Waals surface area contributed by atoms with Gasteiger partial charge in [0.2, 0.25) is 0 Å². The van der Waals surface area contributed by atoms with E-state index in [2.05, 4.69) is 30.8 Å². The van der Waals surface area contributed by atoms with Gasteiger partial charge in [-0.25, -0.2) is 0 Å². The Hall–Kier alpha value is -0.850. The molecule has 0 fully saturated rings. The van der Waals surface area contributed by atoms with Crippen molar-refractivity contribution in [3.8, 4) is 0 Å². The zero-order valence-electron chi connectivity index (χ0n) is 16.4. The molecule has 0 unspecified atom stereocenters. The van der Waals surface area contributed by atoms with Gasteiger partial charge in [-0.2, -0.15) is 0 Å². The van der Waals surface area contributed by atoms with E-state index in [1.165, 1.54) is 0 Å². The molecule has 0 rings (SSSR count). The average Bonchev–Trinajstić information content (AvgIpc) is 2.62. The molecular formula is C18H37N3O4. The first kappa shape index (κ1) is 24.1. The van der Waals surface area contributed by atoms with Gasteiger partial charge >= 0.3 is 0 Å². The van der Waals surface area contributed by atoms with Crippen molar-refractivity contribution in [2.75, 3.05) is 33.0 Å². The Kier molecular flexibility index (Phi) is 14.9. The summed E-state index contributed by atoms with van der Waals surface area (Å²) < 4.78 is 17.6. The highest BCUT2D eigenvalue weighted by molar-refractivity contribution is 4.94. The van der Waals surface area contributed by atoms with Gasteiger partial charge in [0.25, 0.3) is 0 Å². The van der Waals surface area contributed by atoms with Crippen molar-refractivity contribution in [1.82, 2.24) is 0 Å². The minimum absolute atomic E-state index is 0.208. The minimum Gasteiger partial charge on any atom is -0.393 e. The van der Waals surface area contributed by atoms with Crippen LogP contribution in [0.25, 0.3) is 10.4 Å². The number of unbranched alkanes of at least 4 members (excludes halogenated alkanes) is 3. The Morgan fingerprint density at radius 2 is 1.64 bits per heavy atom. The fraction of sp³-hybridized carbons (Fsp3) is 1.00. The van der Waals surface area contributed by atoms with Crippen molar-refractivity contribution < 1.29 is 19.3 Å². The van der Waals surface area contributed by atoms with Crippen LogP contribution in [0.3, 0.4) is 0 Å². The molecule has 0 aromatic heterocycles. The molecule has 0 aliphatic carbocycles. The third kappa shape index (κ3) is 10.0. The Morgan fingerprint density at radius 3 is 2.20 bits per heavy atom. The summed E-state index contributed by atoms with van der Waals surface area (Å²) in [4.78, 5) is 2.96. The van der Waals surface area contributed by atoms with Crippen molar-refractivity contribution in [3.05, 3.63) is 10.4 Å². The molecule has 0 saturated heterocycles. The van der Waals surface area contributed by atoms with Crippen molar-refractivity contribution in [2.24, 2.45) is 5.11 Å². The summed E-state index contributed by atoms with van der Waals surface area (Å²) in [6.45, 7) is 9.79. The Morgan fingerprint density at radius 1 is 1.04 bits per heavy atom. The van der Waals surface area contributed by atoms with E-state index < -0.39 is 17.7 Å². The quantitative estimate of drug-likeness (QED) is 0.182. The van der Waals surface area contributed by atoms with Crippen LogP contribution in [0.4, 0.5) is 0 Å². The standard InChI is InChI=1S/C18H37N3O4/c1-5-8-11-23-14-16(20-21-19)17(24-12-9-6-2)18(4,15-22)25-13-10-7-3/h16-17,22H,5-15H2,1-4H3/t16-,17-,18+/m1/s1. The van der Waals surface area contributed by atoms with Crippen LogP contribution in [-0.2, 0) is 14.2 Å². The molecular weight excluding hydrogens is 322 g/mol. The first-order valence-corrected chi connectivity index (χ1v) is 9.57. The lowest BCUT2D eigenvalue weighted by Gasteiger charge is -2.39. The van der Waals surface area contributed by atoms with Crippen LogP contribution in [0.1, 0.15) is 66.2 Å². The lowest BCUT2D eigenvalue weighted by molar-refractivity contribution is -0.169. The SMILES string of the molecule is CCCCOC[C@@H](N=[N+]=[N-])[C@@H](OCCCC)[C@](C)(CO)OCCCC. The molecule has 3 atom stereocenters. The number of rotatable bonds is 17. The highest BCUT2D eigenvalue weighted by Gasteiger charge is 2.41. The number of nitrogens with zero attached hydrogens (tertiary/aromatic N) is 3. The maximum absolute atomic E-state index is 9.96. The fourth-order valence-electron chi connectivity index (χ4n) is 2.41. The van der Waals surface area contributed by atoms with Crippen molar-refractivity contribution >= 4 is 0 Å². The molecule has 0 aliphatic rings. The summed E-state index contributed by atoms with van der Waals surface area (Å²) in [7, 11) is 0. The summed E-state index contributed by atoms with van der Waals surface area (Å²) in [5.74, 6) is 0. The van der Waals surface area contributed by atoms with Gasteiger partial charge in [-0.1, -0.05) is 45.1 Å². The molecule has 0 heterocycles. The summed E-state index contributed by atoms with van der Waals surface area (Å²) >= 11 is 0. The topological polar surface area (TPSA) is 96.7 Å². The zero-order chi connectivity index (χ0) is 19.0. The lowest BCUT2D eigenvalue weighted by atomic mass is 9.93. The normalized spacial score (nSPS) is 16.0. The molecule has 148 valence electrons.